The van der Waals surface area contributed by atoms with Gasteiger partial charge in [-0.05, 0) is 54.7 Å². The fourth-order valence-electron chi connectivity index (χ4n) is 5.17. The zero-order chi connectivity index (χ0) is 23.5. The molecule has 5 rings (SSSR count). The summed E-state index contributed by atoms with van der Waals surface area (Å²) in [5, 5.41) is 2.93. The molecule has 1 spiro atoms. The number of anilines is 3. The van der Waals surface area contributed by atoms with Crippen LogP contribution in [0.1, 0.15) is 29.6 Å². The van der Waals surface area contributed by atoms with E-state index in [-0.39, 0.29) is 11.3 Å². The maximum atomic E-state index is 12.9. The lowest BCUT2D eigenvalue weighted by Crippen LogP contribution is -2.45. The number of pyridine rings is 1. The molecule has 2 fully saturated rings. The summed E-state index contributed by atoms with van der Waals surface area (Å²) in [5.74, 6) is 0.620. The topological polar surface area (TPSA) is 91.6 Å². The number of likely N-dealkylation sites (tertiary alicyclic amines) is 1. The quantitative estimate of drug-likeness (QED) is 0.448. The molecule has 2 saturated heterocycles. The summed E-state index contributed by atoms with van der Waals surface area (Å²) in [6.45, 7) is 3.47. The molecule has 7 heteroatoms. The zero-order valence-electron chi connectivity index (χ0n) is 19.1. The lowest BCUT2D eigenvalue weighted by atomic mass is 9.79. The highest BCUT2D eigenvalue weighted by molar-refractivity contribution is 6.06. The third kappa shape index (κ3) is 4.46. The van der Waals surface area contributed by atoms with Gasteiger partial charge in [0, 0.05) is 37.8 Å². The molecule has 1 aromatic heterocycles. The van der Waals surface area contributed by atoms with E-state index in [1.54, 1.807) is 12.3 Å². The van der Waals surface area contributed by atoms with E-state index in [9.17, 15) is 9.59 Å². The number of piperidine rings is 1. The van der Waals surface area contributed by atoms with E-state index in [1.807, 2.05) is 59.5 Å². The molecule has 0 saturated carbocycles. The third-order valence-corrected chi connectivity index (χ3v) is 7.02. The van der Waals surface area contributed by atoms with E-state index < -0.39 is 0 Å². The highest BCUT2D eigenvalue weighted by Gasteiger charge is 2.41. The van der Waals surface area contributed by atoms with Gasteiger partial charge in [0.1, 0.15) is 5.82 Å². The summed E-state index contributed by atoms with van der Waals surface area (Å²) in [7, 11) is 0. The molecule has 0 bridgehead atoms. The molecule has 1 unspecified atom stereocenters. The molecule has 0 aliphatic carbocycles. The monoisotopic (exact) mass is 455 g/mol. The van der Waals surface area contributed by atoms with Crippen molar-refractivity contribution in [3.63, 3.8) is 0 Å². The minimum atomic E-state index is -0.247. The second-order valence-corrected chi connectivity index (χ2v) is 9.38. The van der Waals surface area contributed by atoms with Crippen molar-refractivity contribution in [1.29, 1.82) is 0 Å². The van der Waals surface area contributed by atoms with Gasteiger partial charge < -0.3 is 20.9 Å². The first-order valence-electron chi connectivity index (χ1n) is 11.7. The van der Waals surface area contributed by atoms with Gasteiger partial charge in [0.2, 0.25) is 6.41 Å². The summed E-state index contributed by atoms with van der Waals surface area (Å²) < 4.78 is 0. The van der Waals surface area contributed by atoms with E-state index >= 15 is 0 Å². The largest absolute Gasteiger partial charge is 0.397 e. The highest BCUT2D eigenvalue weighted by Crippen LogP contribution is 2.39. The first-order chi connectivity index (χ1) is 16.5. The highest BCUT2D eigenvalue weighted by atomic mass is 16.1. The van der Waals surface area contributed by atoms with E-state index in [4.69, 9.17) is 5.73 Å². The van der Waals surface area contributed by atoms with Crippen LogP contribution in [0.4, 0.5) is 17.2 Å². The van der Waals surface area contributed by atoms with Crippen LogP contribution in [0.5, 0.6) is 0 Å². The average molecular weight is 456 g/mol. The van der Waals surface area contributed by atoms with E-state index in [0.717, 1.165) is 68.8 Å². The number of hydrogen-bond acceptors (Lipinski definition) is 5. The Morgan fingerprint density at radius 2 is 1.85 bits per heavy atom. The molecule has 1 atom stereocenters. The molecule has 3 N–H and O–H groups in total. The maximum absolute atomic E-state index is 12.9. The average Bonchev–Trinajstić information content (AvgIpc) is 3.28. The van der Waals surface area contributed by atoms with Gasteiger partial charge in [-0.15, -0.1) is 0 Å². The van der Waals surface area contributed by atoms with Crippen LogP contribution in [-0.2, 0) is 4.79 Å². The molecule has 2 aliphatic heterocycles. The Hall–Kier alpha value is -3.87. The van der Waals surface area contributed by atoms with Crippen molar-refractivity contribution in [2.75, 3.05) is 42.1 Å². The Balaban J connectivity index is 1.28. The second-order valence-electron chi connectivity index (χ2n) is 9.38. The molecule has 3 aromatic rings. The fraction of sp³-hybridized carbons (Fsp3) is 0.296. The Labute approximate surface area is 199 Å². The van der Waals surface area contributed by atoms with Gasteiger partial charge in [-0.1, -0.05) is 36.4 Å². The van der Waals surface area contributed by atoms with E-state index in [1.165, 1.54) is 0 Å². The molecule has 3 heterocycles. The minimum absolute atomic E-state index is 0.151. The van der Waals surface area contributed by atoms with Crippen LogP contribution in [0, 0.1) is 5.41 Å². The first-order valence-corrected chi connectivity index (χ1v) is 11.7. The number of rotatable bonds is 5. The van der Waals surface area contributed by atoms with Gasteiger partial charge in [0.15, 0.2) is 0 Å². The summed E-state index contributed by atoms with van der Waals surface area (Å²) in [5.41, 5.74) is 9.89. The van der Waals surface area contributed by atoms with E-state index in [2.05, 4.69) is 15.2 Å². The van der Waals surface area contributed by atoms with Gasteiger partial charge in [-0.25, -0.2) is 4.98 Å². The minimum Gasteiger partial charge on any atom is -0.397 e. The zero-order valence-corrected chi connectivity index (χ0v) is 19.1. The fourth-order valence-corrected chi connectivity index (χ4v) is 5.17. The van der Waals surface area contributed by atoms with Crippen molar-refractivity contribution < 1.29 is 9.59 Å². The smallest absolute Gasteiger partial charge is 0.257 e. The molecule has 2 aromatic carbocycles. The predicted octanol–water partition coefficient (Wildman–Crippen LogP) is 4.03. The van der Waals surface area contributed by atoms with Crippen LogP contribution in [0.25, 0.3) is 11.1 Å². The lowest BCUT2D eigenvalue weighted by molar-refractivity contribution is -0.117. The number of nitrogens with two attached hydrogens (primary N) is 1. The predicted molar refractivity (Wildman–Crippen MR) is 135 cm³/mol. The maximum Gasteiger partial charge on any atom is 0.257 e. The number of carbonyl (C=O) groups excluding carboxylic acids is 2. The van der Waals surface area contributed by atoms with Gasteiger partial charge in [-0.2, -0.15) is 0 Å². The van der Waals surface area contributed by atoms with Crippen LogP contribution in [0.3, 0.4) is 0 Å². The number of nitrogens with zero attached hydrogens (tertiary/aromatic N) is 3. The van der Waals surface area contributed by atoms with Crippen molar-refractivity contribution in [1.82, 2.24) is 9.88 Å². The van der Waals surface area contributed by atoms with Crippen molar-refractivity contribution in [2.45, 2.75) is 19.3 Å². The number of aromatic nitrogens is 1. The number of carbonyl (C=O) groups is 2. The Morgan fingerprint density at radius 3 is 2.59 bits per heavy atom. The van der Waals surface area contributed by atoms with Crippen LogP contribution in [0.2, 0.25) is 0 Å². The van der Waals surface area contributed by atoms with Crippen LogP contribution in [0.15, 0.2) is 66.9 Å². The Morgan fingerprint density at radius 1 is 1.00 bits per heavy atom. The first kappa shape index (κ1) is 21.9. The SMILES string of the molecule is Nc1ccc(-c2ccccc2)cc1NC(=O)c1ccc(N2CCCC3(CCN(C=O)C3)C2)nc1. The Bertz CT molecular complexity index is 1180. The van der Waals surface area contributed by atoms with Crippen LogP contribution in [-0.4, -0.2) is 48.4 Å². The van der Waals surface area contributed by atoms with Gasteiger partial charge in [0.05, 0.1) is 16.9 Å². The molecule has 174 valence electrons. The molecular weight excluding hydrogens is 426 g/mol. The van der Waals surface area contributed by atoms with Crippen molar-refractivity contribution >= 4 is 29.5 Å². The van der Waals surface area contributed by atoms with Crippen LogP contribution >= 0.6 is 0 Å². The molecule has 0 radical (unpaired) electrons. The summed E-state index contributed by atoms with van der Waals surface area (Å²) in [4.78, 5) is 32.9. The standard InChI is InChI=1S/C27H29N5O2/c28-23-9-7-21(20-5-2-1-3-6-20)15-24(23)30-26(34)22-8-10-25(29-16-22)32-13-4-11-27(18-32)12-14-31(17-27)19-33/h1-3,5-10,15-16,19H,4,11-14,17-18,28H2,(H,30,34). The number of benzene rings is 2. The second kappa shape index (κ2) is 9.17. The summed E-state index contributed by atoms with van der Waals surface area (Å²) in [6.07, 6.45) is 5.83. The molecular formula is C27H29N5O2. The normalized spacial score (nSPS) is 19.9. The summed E-state index contributed by atoms with van der Waals surface area (Å²) in [6, 6.07) is 19.3. The van der Waals surface area contributed by atoms with E-state index in [0.29, 0.717) is 16.9 Å². The van der Waals surface area contributed by atoms with Gasteiger partial charge in [0.25, 0.3) is 5.91 Å². The molecule has 2 aliphatic rings. The number of hydrogen-bond donors (Lipinski definition) is 2. The number of amides is 2. The van der Waals surface area contributed by atoms with Crippen molar-refractivity contribution in [3.05, 3.63) is 72.4 Å². The molecule has 7 nitrogen and oxygen atoms in total. The third-order valence-electron chi connectivity index (χ3n) is 7.02. The summed E-state index contributed by atoms with van der Waals surface area (Å²) >= 11 is 0. The van der Waals surface area contributed by atoms with Crippen molar-refractivity contribution in [2.24, 2.45) is 5.41 Å². The number of nitrogens with one attached hydrogen (secondary N) is 1. The number of nitrogen functional groups attached to an aromatic ring is 1. The van der Waals surface area contributed by atoms with Crippen LogP contribution < -0.4 is 16.0 Å². The van der Waals surface area contributed by atoms with Gasteiger partial charge in [-0.3, -0.25) is 9.59 Å². The van der Waals surface area contributed by atoms with Crippen molar-refractivity contribution in [3.8, 4) is 11.1 Å². The Kier molecular flexibility index (Phi) is 5.92. The molecule has 34 heavy (non-hydrogen) atoms. The molecule has 2 amide bonds. The van der Waals surface area contributed by atoms with Gasteiger partial charge >= 0.3 is 0 Å². The lowest BCUT2D eigenvalue weighted by Gasteiger charge is -2.40.